The van der Waals surface area contributed by atoms with Crippen molar-refractivity contribution in [2.24, 2.45) is 0 Å². The number of fused-ring (bicyclic) bond motifs is 1. The molecule has 0 saturated carbocycles. The minimum Gasteiger partial charge on any atom is -0.497 e. The van der Waals surface area contributed by atoms with Gasteiger partial charge in [-0.25, -0.2) is 9.97 Å². The Morgan fingerprint density at radius 3 is 2.93 bits per heavy atom. The van der Waals surface area contributed by atoms with E-state index >= 15 is 0 Å². The van der Waals surface area contributed by atoms with Gasteiger partial charge in [0.25, 0.3) is 0 Å². The van der Waals surface area contributed by atoms with Gasteiger partial charge in [-0.1, -0.05) is 6.92 Å². The normalized spacial score (nSPS) is 10.5. The second kappa shape index (κ2) is 4.26. The predicted molar refractivity (Wildman–Crippen MR) is 60.1 cm³/mol. The van der Waals surface area contributed by atoms with Crippen molar-refractivity contribution in [2.45, 2.75) is 19.8 Å². The fourth-order valence-electron chi connectivity index (χ4n) is 1.52. The lowest BCUT2D eigenvalue weighted by Crippen LogP contribution is -1.94. The van der Waals surface area contributed by atoms with Crippen LogP contribution in [-0.2, 0) is 6.42 Å². The highest BCUT2D eigenvalue weighted by atomic mass is 16.5. The zero-order valence-electron chi connectivity index (χ0n) is 9.03. The molecule has 1 aromatic carbocycles. The zero-order valence-corrected chi connectivity index (χ0v) is 9.03. The highest BCUT2D eigenvalue weighted by Gasteiger charge is 2.00. The summed E-state index contributed by atoms with van der Waals surface area (Å²) < 4.78 is 5.14. The maximum Gasteiger partial charge on any atom is 0.128 e. The first-order valence-electron chi connectivity index (χ1n) is 5.13. The minimum absolute atomic E-state index is 0.842. The van der Waals surface area contributed by atoms with E-state index in [0.29, 0.717) is 0 Å². The second-order valence-electron chi connectivity index (χ2n) is 3.46. The van der Waals surface area contributed by atoms with Gasteiger partial charge in [0.1, 0.15) is 11.6 Å². The maximum absolute atomic E-state index is 5.14. The van der Waals surface area contributed by atoms with Gasteiger partial charge in [-0.2, -0.15) is 0 Å². The van der Waals surface area contributed by atoms with Crippen molar-refractivity contribution >= 4 is 10.9 Å². The summed E-state index contributed by atoms with van der Waals surface area (Å²) in [5, 5.41) is 1.02. The molecule has 0 N–H and O–H groups in total. The Morgan fingerprint density at radius 2 is 2.20 bits per heavy atom. The molecule has 78 valence electrons. The van der Waals surface area contributed by atoms with E-state index in [0.717, 1.165) is 35.3 Å². The molecular formula is C12H14N2O. The third-order valence-electron chi connectivity index (χ3n) is 2.31. The Kier molecular flexibility index (Phi) is 2.81. The van der Waals surface area contributed by atoms with Crippen LogP contribution < -0.4 is 4.74 Å². The first kappa shape index (κ1) is 9.90. The molecule has 15 heavy (non-hydrogen) atoms. The van der Waals surface area contributed by atoms with E-state index in [9.17, 15) is 0 Å². The van der Waals surface area contributed by atoms with Crippen LogP contribution in [-0.4, -0.2) is 17.1 Å². The van der Waals surface area contributed by atoms with E-state index in [4.69, 9.17) is 4.74 Å². The molecule has 0 saturated heterocycles. The van der Waals surface area contributed by atoms with E-state index in [-0.39, 0.29) is 0 Å². The smallest absolute Gasteiger partial charge is 0.128 e. The molecule has 0 unspecified atom stereocenters. The molecule has 0 fully saturated rings. The highest BCUT2D eigenvalue weighted by molar-refractivity contribution is 5.79. The predicted octanol–water partition coefficient (Wildman–Crippen LogP) is 2.59. The third kappa shape index (κ3) is 2.06. The van der Waals surface area contributed by atoms with Gasteiger partial charge in [0.05, 0.1) is 12.6 Å². The molecule has 0 amide bonds. The Hall–Kier alpha value is -1.64. The van der Waals surface area contributed by atoms with E-state index in [1.165, 1.54) is 0 Å². The van der Waals surface area contributed by atoms with Crippen molar-refractivity contribution < 1.29 is 4.74 Å². The van der Waals surface area contributed by atoms with Crippen LogP contribution >= 0.6 is 0 Å². The number of methoxy groups -OCH3 is 1. The molecule has 1 aromatic heterocycles. The van der Waals surface area contributed by atoms with Gasteiger partial charge in [0.2, 0.25) is 0 Å². The van der Waals surface area contributed by atoms with Gasteiger partial charge < -0.3 is 4.74 Å². The first-order valence-corrected chi connectivity index (χ1v) is 5.13. The summed E-state index contributed by atoms with van der Waals surface area (Å²) in [6, 6.07) is 5.84. The molecule has 0 aliphatic carbocycles. The molecule has 2 rings (SSSR count). The summed E-state index contributed by atoms with van der Waals surface area (Å²) in [4.78, 5) is 8.78. The van der Waals surface area contributed by atoms with Crippen LogP contribution in [0.15, 0.2) is 24.4 Å². The summed E-state index contributed by atoms with van der Waals surface area (Å²) in [6.07, 6.45) is 3.86. The molecule has 2 aromatic rings. The standard InChI is InChI=1S/C12H14N2O/c1-3-4-12-13-8-9-7-10(15-2)5-6-11(9)14-12/h5-8H,3-4H2,1-2H3. The molecule has 1 heterocycles. The summed E-state index contributed by atoms with van der Waals surface area (Å²) >= 11 is 0. The first-order chi connectivity index (χ1) is 7.33. The number of nitrogens with zero attached hydrogens (tertiary/aromatic N) is 2. The van der Waals surface area contributed by atoms with Crippen LogP contribution in [0.2, 0.25) is 0 Å². The van der Waals surface area contributed by atoms with E-state index in [1.807, 2.05) is 24.4 Å². The lowest BCUT2D eigenvalue weighted by Gasteiger charge is -2.03. The minimum atomic E-state index is 0.842. The Morgan fingerprint density at radius 1 is 1.33 bits per heavy atom. The Bertz CT molecular complexity index is 468. The number of rotatable bonds is 3. The molecular weight excluding hydrogens is 188 g/mol. The Labute approximate surface area is 89.1 Å². The fourth-order valence-corrected chi connectivity index (χ4v) is 1.52. The molecule has 0 radical (unpaired) electrons. The zero-order chi connectivity index (χ0) is 10.7. The molecule has 0 aliphatic heterocycles. The molecule has 3 heteroatoms. The van der Waals surface area contributed by atoms with Crippen LogP contribution in [0.5, 0.6) is 5.75 Å². The molecule has 0 spiro atoms. The number of hydrogen-bond acceptors (Lipinski definition) is 3. The highest BCUT2D eigenvalue weighted by Crippen LogP contribution is 2.18. The lowest BCUT2D eigenvalue weighted by atomic mass is 10.2. The topological polar surface area (TPSA) is 35.0 Å². The number of ether oxygens (including phenoxy) is 1. The van der Waals surface area contributed by atoms with Gasteiger partial charge in [-0.05, 0) is 24.6 Å². The van der Waals surface area contributed by atoms with Crippen molar-refractivity contribution in [3.8, 4) is 5.75 Å². The van der Waals surface area contributed by atoms with Gasteiger partial charge in [0.15, 0.2) is 0 Å². The number of benzene rings is 1. The van der Waals surface area contributed by atoms with Crippen LogP contribution in [0.4, 0.5) is 0 Å². The molecule has 0 aliphatic rings. The average molecular weight is 202 g/mol. The molecule has 0 atom stereocenters. The second-order valence-corrected chi connectivity index (χ2v) is 3.46. The van der Waals surface area contributed by atoms with E-state index < -0.39 is 0 Å². The van der Waals surface area contributed by atoms with Gasteiger partial charge >= 0.3 is 0 Å². The average Bonchev–Trinajstić information content (AvgIpc) is 2.29. The van der Waals surface area contributed by atoms with Crippen molar-refractivity contribution in [1.29, 1.82) is 0 Å². The Balaban J connectivity index is 2.45. The number of hydrogen-bond donors (Lipinski definition) is 0. The SMILES string of the molecule is CCCc1ncc2cc(OC)ccc2n1. The van der Waals surface area contributed by atoms with E-state index in [1.54, 1.807) is 7.11 Å². The quantitative estimate of drug-likeness (QED) is 0.767. The summed E-state index contributed by atoms with van der Waals surface area (Å²) in [5.74, 6) is 1.75. The monoisotopic (exact) mass is 202 g/mol. The van der Waals surface area contributed by atoms with Crippen molar-refractivity contribution in [3.63, 3.8) is 0 Å². The molecule has 0 bridgehead atoms. The number of aromatic nitrogens is 2. The van der Waals surface area contributed by atoms with Gasteiger partial charge in [-0.15, -0.1) is 0 Å². The number of aryl methyl sites for hydroxylation is 1. The largest absolute Gasteiger partial charge is 0.497 e. The fraction of sp³-hybridized carbons (Fsp3) is 0.333. The lowest BCUT2D eigenvalue weighted by molar-refractivity contribution is 0.415. The van der Waals surface area contributed by atoms with Crippen LogP contribution in [0.1, 0.15) is 19.2 Å². The van der Waals surface area contributed by atoms with E-state index in [2.05, 4.69) is 16.9 Å². The van der Waals surface area contributed by atoms with Crippen LogP contribution in [0.25, 0.3) is 10.9 Å². The van der Waals surface area contributed by atoms with Crippen molar-refractivity contribution in [1.82, 2.24) is 9.97 Å². The summed E-state index contributed by atoms with van der Waals surface area (Å²) in [6.45, 7) is 2.13. The molecule has 3 nitrogen and oxygen atoms in total. The summed E-state index contributed by atoms with van der Waals surface area (Å²) in [5.41, 5.74) is 0.981. The van der Waals surface area contributed by atoms with Crippen molar-refractivity contribution in [2.75, 3.05) is 7.11 Å². The van der Waals surface area contributed by atoms with Crippen molar-refractivity contribution in [3.05, 3.63) is 30.2 Å². The van der Waals surface area contributed by atoms with Crippen LogP contribution in [0, 0.1) is 0 Å². The van der Waals surface area contributed by atoms with Gasteiger partial charge in [0, 0.05) is 18.0 Å². The van der Waals surface area contributed by atoms with Gasteiger partial charge in [-0.3, -0.25) is 0 Å². The maximum atomic E-state index is 5.14. The summed E-state index contributed by atoms with van der Waals surface area (Å²) in [7, 11) is 1.66. The van der Waals surface area contributed by atoms with Crippen LogP contribution in [0.3, 0.4) is 0 Å². The third-order valence-corrected chi connectivity index (χ3v) is 2.31.